The first-order valence-corrected chi connectivity index (χ1v) is 14.1. The molecule has 0 aliphatic carbocycles. The van der Waals surface area contributed by atoms with Gasteiger partial charge in [0.1, 0.15) is 5.75 Å². The van der Waals surface area contributed by atoms with Gasteiger partial charge in [0.05, 0.1) is 12.7 Å². The number of carbonyl (C=O) groups is 1. The number of nitrogens with zero attached hydrogens (tertiary/aromatic N) is 2. The molecule has 0 aliphatic rings. The van der Waals surface area contributed by atoms with Gasteiger partial charge in [-0.3, -0.25) is 4.79 Å². The average Bonchev–Trinajstić information content (AvgIpc) is 3.18. The number of hydrogen-bond acceptors (Lipinski definition) is 2. The first-order valence-electron chi connectivity index (χ1n) is 11.1. The van der Waals surface area contributed by atoms with Gasteiger partial charge in [-0.25, -0.2) is 0 Å². The quantitative estimate of drug-likeness (QED) is 0.405. The van der Waals surface area contributed by atoms with E-state index in [1.807, 2.05) is 43.0 Å². The summed E-state index contributed by atoms with van der Waals surface area (Å²) in [5, 5.41) is 1.23. The van der Waals surface area contributed by atoms with Gasteiger partial charge in [-0.05, 0) is 60.5 Å². The van der Waals surface area contributed by atoms with Crippen molar-refractivity contribution in [2.45, 2.75) is 52.8 Å². The summed E-state index contributed by atoms with van der Waals surface area (Å²) in [5.41, 5.74) is 3.95. The minimum atomic E-state index is -1.83. The Labute approximate surface area is 187 Å². The number of hydrogen-bond donors (Lipinski definition) is 0. The van der Waals surface area contributed by atoms with E-state index >= 15 is 0 Å². The maximum atomic E-state index is 13.7. The summed E-state index contributed by atoms with van der Waals surface area (Å²) < 4.78 is 7.78. The van der Waals surface area contributed by atoms with E-state index in [2.05, 4.69) is 62.5 Å². The maximum Gasteiger partial charge on any atom is 0.255 e. The fraction of sp³-hybridized carbons (Fsp3) is 0.423. The van der Waals surface area contributed by atoms with Crippen molar-refractivity contribution in [3.63, 3.8) is 0 Å². The molecule has 0 fully saturated rings. The highest BCUT2D eigenvalue weighted by molar-refractivity contribution is 6.79. The zero-order valence-electron chi connectivity index (χ0n) is 20.2. The summed E-state index contributed by atoms with van der Waals surface area (Å²) in [4.78, 5) is 15.6. The van der Waals surface area contributed by atoms with Crippen LogP contribution in [0.25, 0.3) is 22.0 Å². The smallest absolute Gasteiger partial charge is 0.255 e. The van der Waals surface area contributed by atoms with Gasteiger partial charge in [-0.1, -0.05) is 52.1 Å². The fourth-order valence-electron chi connectivity index (χ4n) is 3.98. The van der Waals surface area contributed by atoms with Crippen molar-refractivity contribution in [2.75, 3.05) is 20.2 Å². The van der Waals surface area contributed by atoms with Gasteiger partial charge in [0.2, 0.25) is 0 Å². The molecule has 0 aliphatic heterocycles. The Kier molecular flexibility index (Phi) is 6.37. The van der Waals surface area contributed by atoms with Gasteiger partial charge in [-0.2, -0.15) is 0 Å². The molecule has 5 heteroatoms. The molecule has 0 N–H and O–H groups in total. The summed E-state index contributed by atoms with van der Waals surface area (Å²) in [6.45, 7) is 17.2. The average molecular weight is 437 g/mol. The van der Waals surface area contributed by atoms with E-state index in [0.717, 1.165) is 33.3 Å². The highest BCUT2D eigenvalue weighted by Gasteiger charge is 2.38. The minimum Gasteiger partial charge on any atom is -0.497 e. The van der Waals surface area contributed by atoms with E-state index in [4.69, 9.17) is 4.74 Å². The number of rotatable bonds is 6. The third-order valence-corrected chi connectivity index (χ3v) is 12.2. The van der Waals surface area contributed by atoms with Crippen LogP contribution in [-0.2, 0) is 0 Å². The van der Waals surface area contributed by atoms with Crippen LogP contribution in [0.1, 0.15) is 45.0 Å². The van der Waals surface area contributed by atoms with Crippen LogP contribution in [0.15, 0.2) is 48.7 Å². The van der Waals surface area contributed by atoms with Gasteiger partial charge < -0.3 is 13.9 Å². The lowest BCUT2D eigenvalue weighted by Gasteiger charge is -2.38. The molecule has 0 unspecified atom stereocenters. The summed E-state index contributed by atoms with van der Waals surface area (Å²) in [6.07, 6.45) is 2.19. The molecule has 166 valence electrons. The molecule has 2 aromatic carbocycles. The predicted octanol–water partition coefficient (Wildman–Crippen LogP) is 6.65. The number of aromatic nitrogens is 1. The zero-order chi connectivity index (χ0) is 23.0. The molecule has 0 radical (unpaired) electrons. The van der Waals surface area contributed by atoms with Gasteiger partial charge in [0, 0.05) is 24.0 Å². The van der Waals surface area contributed by atoms with Crippen LogP contribution in [0, 0.1) is 0 Å². The molecule has 3 aromatic rings. The van der Waals surface area contributed by atoms with Crippen LogP contribution < -0.4 is 4.74 Å². The Morgan fingerprint density at radius 1 is 1.00 bits per heavy atom. The Morgan fingerprint density at radius 2 is 1.61 bits per heavy atom. The summed E-state index contributed by atoms with van der Waals surface area (Å²) in [7, 11) is -0.162. The Hall–Kier alpha value is -2.53. The van der Waals surface area contributed by atoms with Crippen LogP contribution in [0.4, 0.5) is 0 Å². The summed E-state index contributed by atoms with van der Waals surface area (Å²) in [5.74, 6) is 0.903. The van der Waals surface area contributed by atoms with E-state index in [9.17, 15) is 4.79 Å². The predicted molar refractivity (Wildman–Crippen MR) is 134 cm³/mol. The van der Waals surface area contributed by atoms with E-state index in [-0.39, 0.29) is 10.9 Å². The van der Waals surface area contributed by atoms with Crippen LogP contribution in [0.3, 0.4) is 0 Å². The lowest BCUT2D eigenvalue weighted by atomic mass is 9.95. The second kappa shape index (κ2) is 8.54. The largest absolute Gasteiger partial charge is 0.497 e. The fourth-order valence-corrected chi connectivity index (χ4v) is 5.94. The van der Waals surface area contributed by atoms with Crippen molar-refractivity contribution in [2.24, 2.45) is 0 Å². The molecule has 1 heterocycles. The second-order valence-corrected chi connectivity index (χ2v) is 14.7. The summed E-state index contributed by atoms with van der Waals surface area (Å²) >= 11 is 0. The first-order chi connectivity index (χ1) is 14.6. The lowest BCUT2D eigenvalue weighted by Crippen LogP contribution is -2.44. The van der Waals surface area contributed by atoms with Gasteiger partial charge >= 0.3 is 0 Å². The number of methoxy groups -OCH3 is 1. The molecule has 0 spiro atoms. The van der Waals surface area contributed by atoms with Crippen molar-refractivity contribution in [3.8, 4) is 16.9 Å². The summed E-state index contributed by atoms with van der Waals surface area (Å²) in [6, 6.07) is 14.4. The molecule has 0 saturated heterocycles. The van der Waals surface area contributed by atoms with Crippen molar-refractivity contribution >= 4 is 25.0 Å². The van der Waals surface area contributed by atoms with E-state index in [1.165, 1.54) is 0 Å². The minimum absolute atomic E-state index is 0.0920. The number of fused-ring (bicyclic) bond motifs is 1. The van der Waals surface area contributed by atoms with Gasteiger partial charge in [0.25, 0.3) is 5.91 Å². The second-order valence-electron chi connectivity index (χ2n) is 9.62. The standard InChI is InChI=1S/C26H36N2O2Si/c1-9-27(10-2)25(29)24-21(19-11-13-20(30-6)14-12-19)15-16-23-22(24)17-18-28(23)31(7,8)26(3,4)5/h11-18H,9-10H2,1-8H3. The number of benzene rings is 2. The van der Waals surface area contributed by atoms with Crippen molar-refractivity contribution in [1.29, 1.82) is 0 Å². The Bertz CT molecular complexity index is 1070. The maximum absolute atomic E-state index is 13.7. The molecular formula is C26H36N2O2Si. The Morgan fingerprint density at radius 3 is 2.13 bits per heavy atom. The van der Waals surface area contributed by atoms with Gasteiger partial charge in [-0.15, -0.1) is 0 Å². The highest BCUT2D eigenvalue weighted by atomic mass is 28.3. The molecule has 0 saturated carbocycles. The van der Waals surface area contributed by atoms with Crippen LogP contribution in [0.5, 0.6) is 5.75 Å². The third-order valence-electron chi connectivity index (χ3n) is 6.98. The monoisotopic (exact) mass is 436 g/mol. The highest BCUT2D eigenvalue weighted by Crippen LogP contribution is 2.40. The molecule has 0 atom stereocenters. The zero-order valence-corrected chi connectivity index (χ0v) is 21.2. The van der Waals surface area contributed by atoms with Crippen molar-refractivity contribution in [1.82, 2.24) is 9.13 Å². The van der Waals surface area contributed by atoms with E-state index < -0.39 is 8.24 Å². The molecule has 4 nitrogen and oxygen atoms in total. The molecule has 31 heavy (non-hydrogen) atoms. The van der Waals surface area contributed by atoms with E-state index in [0.29, 0.717) is 13.1 Å². The number of amides is 1. The normalized spacial score (nSPS) is 12.3. The Balaban J connectivity index is 2.30. The first kappa shape index (κ1) is 23.1. The number of carbonyl (C=O) groups excluding carboxylic acids is 1. The van der Waals surface area contributed by atoms with Crippen LogP contribution >= 0.6 is 0 Å². The third kappa shape index (κ3) is 4.03. The molecule has 0 bridgehead atoms. The van der Waals surface area contributed by atoms with Crippen molar-refractivity contribution < 1.29 is 9.53 Å². The number of ether oxygens (including phenoxy) is 1. The molecule has 3 rings (SSSR count). The lowest BCUT2D eigenvalue weighted by molar-refractivity contribution is 0.0775. The topological polar surface area (TPSA) is 34.5 Å². The van der Waals surface area contributed by atoms with Crippen LogP contribution in [0.2, 0.25) is 18.1 Å². The van der Waals surface area contributed by atoms with Gasteiger partial charge in [0.15, 0.2) is 8.24 Å². The molecule has 1 amide bonds. The van der Waals surface area contributed by atoms with Crippen molar-refractivity contribution in [3.05, 3.63) is 54.2 Å². The van der Waals surface area contributed by atoms with Crippen LogP contribution in [-0.4, -0.2) is 43.5 Å². The molecular weight excluding hydrogens is 400 g/mol. The van der Waals surface area contributed by atoms with E-state index in [1.54, 1.807) is 7.11 Å². The SMILES string of the molecule is CCN(CC)C(=O)c1c(-c2ccc(OC)cc2)ccc2c1ccn2[Si](C)(C)C(C)(C)C. The molecule has 1 aromatic heterocycles.